The van der Waals surface area contributed by atoms with Crippen molar-refractivity contribution in [3.63, 3.8) is 0 Å². The Bertz CT molecular complexity index is 265. The molecule has 2 atom stereocenters. The van der Waals surface area contributed by atoms with Gasteiger partial charge in [0.05, 0.1) is 31.8 Å². The van der Waals surface area contributed by atoms with E-state index in [1.54, 1.807) is 0 Å². The van der Waals surface area contributed by atoms with Gasteiger partial charge in [-0.15, -0.1) is 0 Å². The van der Waals surface area contributed by atoms with E-state index < -0.39 is 47.0 Å². The van der Waals surface area contributed by atoms with Gasteiger partial charge in [0.1, 0.15) is 0 Å². The zero-order valence-electron chi connectivity index (χ0n) is 10.1. The molecule has 0 bridgehead atoms. The summed E-state index contributed by atoms with van der Waals surface area (Å²) in [6, 6.07) is 0. The normalized spacial score (nSPS) is 18.2. The van der Waals surface area contributed by atoms with Crippen LogP contribution >= 0.6 is 15.2 Å². The fraction of sp³-hybridized carbons (Fsp3) is 1.00. The van der Waals surface area contributed by atoms with Gasteiger partial charge in [-0.2, -0.15) is 0 Å². The maximum atomic E-state index is 10.2. The molecule has 0 saturated carbocycles. The summed E-state index contributed by atoms with van der Waals surface area (Å²) in [6.45, 7) is 0.0682. The molecule has 0 radical (unpaired) electrons. The van der Waals surface area contributed by atoms with E-state index in [0.29, 0.717) is 0 Å². The molecule has 0 saturated heterocycles. The van der Waals surface area contributed by atoms with Gasteiger partial charge in [0.15, 0.2) is 0 Å². The fourth-order valence-electron chi connectivity index (χ4n) is 0.581. The molecule has 6 N–H and O–H groups in total. The van der Waals surface area contributed by atoms with Crippen molar-refractivity contribution < 1.29 is 43.7 Å². The molecule has 0 rings (SSSR count). The van der Waals surface area contributed by atoms with Crippen LogP contribution in [0.3, 0.4) is 0 Å². The number of aliphatic hydroxyl groups is 4. The summed E-state index contributed by atoms with van der Waals surface area (Å²) in [7, 11) is -7.60. The Kier molecular flexibility index (Phi) is 9.53. The van der Waals surface area contributed by atoms with Crippen molar-refractivity contribution >= 4 is 15.2 Å². The lowest BCUT2D eigenvalue weighted by atomic mass is 9.93. The number of aliphatic hydroxyl groups excluding tert-OH is 4. The molecule has 0 aromatic carbocycles. The Balaban J connectivity index is 0. The van der Waals surface area contributed by atoms with Crippen molar-refractivity contribution in [1.29, 1.82) is 0 Å². The lowest BCUT2D eigenvalue weighted by Gasteiger charge is -2.23. The second-order valence-electron chi connectivity index (χ2n) is 3.82. The van der Waals surface area contributed by atoms with Crippen molar-refractivity contribution in [1.82, 2.24) is 0 Å². The summed E-state index contributed by atoms with van der Waals surface area (Å²) in [6.07, 6.45) is 0. The molecule has 0 amide bonds. The Hall–Kier alpha value is 0.180. The summed E-state index contributed by atoms with van der Waals surface area (Å²) in [5, 5.41) is 34.0. The van der Waals surface area contributed by atoms with E-state index >= 15 is 0 Å². The van der Waals surface area contributed by atoms with E-state index in [2.05, 4.69) is 4.31 Å². The second-order valence-corrected chi connectivity index (χ2v) is 7.69. The number of rotatable bonds is 6. The van der Waals surface area contributed by atoms with Gasteiger partial charge in [-0.05, 0) is 0 Å². The molecule has 0 aliphatic carbocycles. The average Bonchev–Trinajstić information content (AvgIpc) is 2.17. The van der Waals surface area contributed by atoms with E-state index in [1.165, 1.54) is 0 Å². The Morgan fingerprint density at radius 3 is 1.06 bits per heavy atom. The zero-order chi connectivity index (χ0) is 15.0. The largest absolute Gasteiger partial charge is 0.396 e. The molecule has 0 heterocycles. The van der Waals surface area contributed by atoms with Crippen LogP contribution in [-0.4, -0.2) is 70.0 Å². The monoisotopic (exact) mass is 310 g/mol. The maximum absolute atomic E-state index is 10.2. The van der Waals surface area contributed by atoms with Crippen molar-refractivity contribution in [3.8, 4) is 0 Å². The van der Waals surface area contributed by atoms with Gasteiger partial charge in [0.2, 0.25) is 0 Å². The molecule has 0 aliphatic heterocycles. The number of hydrogen-bond acceptors (Lipinski definition) is 7. The van der Waals surface area contributed by atoms with Gasteiger partial charge in [0, 0.05) is 13.3 Å². The molecule has 0 spiro atoms. The molecular weight excluding hydrogens is 290 g/mol. The first-order valence-electron chi connectivity index (χ1n) is 4.70. The molecule has 0 fully saturated rings. The smallest absolute Gasteiger partial charge is 0.332 e. The summed E-state index contributed by atoms with van der Waals surface area (Å²) >= 11 is 0. The molecule has 112 valence electrons. The van der Waals surface area contributed by atoms with Gasteiger partial charge in [-0.1, -0.05) is 0 Å². The third kappa shape index (κ3) is 11.3. The van der Waals surface area contributed by atoms with Crippen LogP contribution in [0.5, 0.6) is 0 Å². The third-order valence-electron chi connectivity index (χ3n) is 1.64. The van der Waals surface area contributed by atoms with Crippen molar-refractivity contribution in [2.75, 3.05) is 39.8 Å². The first-order valence-corrected chi connectivity index (χ1v) is 8.75. The van der Waals surface area contributed by atoms with Gasteiger partial charge in [-0.3, -0.25) is 9.13 Å². The highest BCUT2D eigenvalue weighted by atomic mass is 31.3. The topological polar surface area (TPSA) is 165 Å². The van der Waals surface area contributed by atoms with Gasteiger partial charge >= 0.3 is 15.2 Å². The van der Waals surface area contributed by atoms with Crippen LogP contribution < -0.4 is 0 Å². The highest BCUT2D eigenvalue weighted by Crippen LogP contribution is 2.54. The van der Waals surface area contributed by atoms with Crippen LogP contribution in [0.4, 0.5) is 0 Å². The van der Waals surface area contributed by atoms with Crippen LogP contribution in [-0.2, 0) is 13.4 Å². The van der Waals surface area contributed by atoms with E-state index in [1.807, 2.05) is 0 Å². The van der Waals surface area contributed by atoms with Crippen LogP contribution in [0.1, 0.15) is 0 Å². The Labute approximate surface area is 105 Å². The molecule has 0 aliphatic rings. The van der Waals surface area contributed by atoms with Crippen LogP contribution in [0.15, 0.2) is 0 Å². The Morgan fingerprint density at radius 2 is 1.06 bits per heavy atom. The van der Waals surface area contributed by atoms with Crippen molar-refractivity contribution in [2.24, 2.45) is 5.41 Å². The maximum Gasteiger partial charge on any atom is 0.332 e. The van der Waals surface area contributed by atoms with E-state index in [4.69, 9.17) is 30.2 Å². The second kappa shape index (κ2) is 8.37. The number of hydrogen-bond donors (Lipinski definition) is 6. The quantitative estimate of drug-likeness (QED) is 0.323. The first-order chi connectivity index (χ1) is 7.95. The minimum absolute atomic E-state index is 0.406. The van der Waals surface area contributed by atoms with E-state index in [9.17, 15) is 9.13 Å². The average molecular weight is 310 g/mol. The molecule has 18 heavy (non-hydrogen) atoms. The predicted molar refractivity (Wildman–Crippen MR) is 63.4 cm³/mol. The summed E-state index contributed by atoms with van der Waals surface area (Å²) in [4.78, 5) is 16.7. The molecular formula is C7H20O9P2. The fourth-order valence-corrected chi connectivity index (χ4v) is 2.83. The van der Waals surface area contributed by atoms with Gasteiger partial charge in [-0.25, -0.2) is 4.31 Å². The highest BCUT2D eigenvalue weighted by Gasteiger charge is 2.26. The standard InChI is InChI=1S/C5H12O4.C2H8O5P2/c6-1-5(2-7,3-8)4-9;1-8(3,4)7-9(2,5)6/h6-9H,1-4H2;1-2H3,(H,3,4)(H,5,6). The highest BCUT2D eigenvalue weighted by molar-refractivity contribution is 7.65. The van der Waals surface area contributed by atoms with Crippen molar-refractivity contribution in [3.05, 3.63) is 0 Å². The van der Waals surface area contributed by atoms with Crippen LogP contribution in [0.25, 0.3) is 0 Å². The summed E-state index contributed by atoms with van der Waals surface area (Å²) < 4.78 is 24.3. The SMILES string of the molecule is CP(=O)(O)OP(C)(=O)O.OCC(CO)(CO)CO. The third-order valence-corrected chi connectivity index (χ3v) is 4.07. The van der Waals surface area contributed by atoms with Crippen LogP contribution in [0, 0.1) is 5.41 Å². The lowest BCUT2D eigenvalue weighted by molar-refractivity contribution is -0.0328. The molecule has 11 heteroatoms. The minimum Gasteiger partial charge on any atom is -0.396 e. The molecule has 0 aromatic heterocycles. The van der Waals surface area contributed by atoms with E-state index in [0.717, 1.165) is 13.3 Å². The summed E-state index contributed by atoms with van der Waals surface area (Å²) in [5.74, 6) is 0. The van der Waals surface area contributed by atoms with Gasteiger partial charge < -0.3 is 30.2 Å². The summed E-state index contributed by atoms with van der Waals surface area (Å²) in [5.41, 5.74) is -1.11. The van der Waals surface area contributed by atoms with Gasteiger partial charge in [0.25, 0.3) is 0 Å². The Morgan fingerprint density at radius 1 is 0.833 bits per heavy atom. The zero-order valence-corrected chi connectivity index (χ0v) is 11.9. The predicted octanol–water partition coefficient (Wildman–Crippen LogP) is -1.42. The van der Waals surface area contributed by atoms with Crippen LogP contribution in [0.2, 0.25) is 0 Å². The van der Waals surface area contributed by atoms with Crippen molar-refractivity contribution in [2.45, 2.75) is 0 Å². The molecule has 2 unspecified atom stereocenters. The first kappa shape index (κ1) is 20.5. The minimum atomic E-state index is -3.80. The lowest BCUT2D eigenvalue weighted by Crippen LogP contribution is -2.37. The molecule has 0 aromatic rings. The molecule has 9 nitrogen and oxygen atoms in total. The van der Waals surface area contributed by atoms with E-state index in [-0.39, 0.29) is 0 Å².